The fraction of sp³-hybridized carbons (Fsp3) is 0.500. The second-order valence-corrected chi connectivity index (χ2v) is 6.09. The Morgan fingerprint density at radius 2 is 2.10 bits per heavy atom. The molecule has 0 atom stereocenters. The van der Waals surface area contributed by atoms with Crippen molar-refractivity contribution in [1.82, 2.24) is 10.2 Å². The summed E-state index contributed by atoms with van der Waals surface area (Å²) in [5.41, 5.74) is 3.39. The number of rotatable bonds is 4. The Morgan fingerprint density at radius 3 is 2.75 bits per heavy atom. The highest BCUT2D eigenvalue weighted by Gasteiger charge is 2.31. The van der Waals surface area contributed by atoms with Crippen molar-refractivity contribution >= 4 is 5.69 Å². The second-order valence-electron chi connectivity index (χ2n) is 6.09. The van der Waals surface area contributed by atoms with Crippen LogP contribution < -0.4 is 5.32 Å². The van der Waals surface area contributed by atoms with Gasteiger partial charge in [0.05, 0.1) is 0 Å². The molecule has 106 valence electrons. The average molecular weight is 271 g/mol. The molecule has 4 nitrogen and oxygen atoms in total. The van der Waals surface area contributed by atoms with E-state index in [4.69, 9.17) is 4.42 Å². The third kappa shape index (κ3) is 2.55. The van der Waals surface area contributed by atoms with E-state index in [2.05, 4.69) is 48.4 Å². The van der Waals surface area contributed by atoms with Crippen LogP contribution in [0, 0.1) is 18.8 Å². The lowest BCUT2D eigenvalue weighted by atomic mass is 9.73. The molecular weight excluding hydrogens is 250 g/mol. The van der Waals surface area contributed by atoms with E-state index >= 15 is 0 Å². The van der Waals surface area contributed by atoms with Gasteiger partial charge in [0, 0.05) is 17.3 Å². The van der Waals surface area contributed by atoms with Gasteiger partial charge in [-0.15, -0.1) is 10.2 Å². The van der Waals surface area contributed by atoms with Crippen LogP contribution in [0.5, 0.6) is 0 Å². The fourth-order valence-corrected chi connectivity index (χ4v) is 2.75. The summed E-state index contributed by atoms with van der Waals surface area (Å²) in [6.07, 6.45) is 3.89. The van der Waals surface area contributed by atoms with Crippen LogP contribution in [0.25, 0.3) is 11.5 Å². The van der Waals surface area contributed by atoms with Crippen molar-refractivity contribution in [3.8, 4) is 11.5 Å². The lowest BCUT2D eigenvalue weighted by Gasteiger charge is -2.39. The SMILES string of the molecule is Cc1ccc(-c2nnco2)cc1NC1CC(C(C)C)C1. The number of hydrogen-bond donors (Lipinski definition) is 1. The number of aryl methyl sites for hydroxylation is 1. The molecule has 2 aromatic rings. The lowest BCUT2D eigenvalue weighted by Crippen LogP contribution is -2.38. The van der Waals surface area contributed by atoms with Crippen molar-refractivity contribution in [3.05, 3.63) is 30.2 Å². The summed E-state index contributed by atoms with van der Waals surface area (Å²) in [6, 6.07) is 6.82. The molecule has 0 unspecified atom stereocenters. The molecule has 1 saturated carbocycles. The van der Waals surface area contributed by atoms with Crippen LogP contribution in [0.15, 0.2) is 29.0 Å². The van der Waals surface area contributed by atoms with Crippen LogP contribution >= 0.6 is 0 Å². The maximum atomic E-state index is 5.26. The molecular formula is C16H21N3O. The van der Waals surface area contributed by atoms with Crippen LogP contribution in [0.4, 0.5) is 5.69 Å². The van der Waals surface area contributed by atoms with Gasteiger partial charge in [0.1, 0.15) is 0 Å². The van der Waals surface area contributed by atoms with Crippen LogP contribution in [0.2, 0.25) is 0 Å². The molecule has 1 N–H and O–H groups in total. The first-order chi connectivity index (χ1) is 9.63. The largest absolute Gasteiger partial charge is 0.423 e. The predicted molar refractivity (Wildman–Crippen MR) is 79.4 cm³/mol. The number of benzene rings is 1. The summed E-state index contributed by atoms with van der Waals surface area (Å²) in [6.45, 7) is 6.74. The number of hydrogen-bond acceptors (Lipinski definition) is 4. The first kappa shape index (κ1) is 13.2. The van der Waals surface area contributed by atoms with Gasteiger partial charge in [-0.05, 0) is 49.3 Å². The van der Waals surface area contributed by atoms with Crippen molar-refractivity contribution < 1.29 is 4.42 Å². The summed E-state index contributed by atoms with van der Waals surface area (Å²) in [5.74, 6) is 2.23. The minimum absolute atomic E-state index is 0.571. The van der Waals surface area contributed by atoms with E-state index in [1.54, 1.807) is 0 Å². The fourth-order valence-electron chi connectivity index (χ4n) is 2.75. The molecule has 1 aliphatic carbocycles. The summed E-state index contributed by atoms with van der Waals surface area (Å²) < 4.78 is 5.26. The standard InChI is InChI=1S/C16H21N3O/c1-10(2)13-6-14(7-13)18-15-8-12(5-4-11(15)3)16-19-17-9-20-16/h4-5,8-10,13-14,18H,6-7H2,1-3H3. The van der Waals surface area contributed by atoms with Gasteiger partial charge in [-0.1, -0.05) is 19.9 Å². The molecule has 1 heterocycles. The highest BCUT2D eigenvalue weighted by Crippen LogP contribution is 2.36. The van der Waals surface area contributed by atoms with Crippen molar-refractivity contribution in [2.45, 2.75) is 39.7 Å². The highest BCUT2D eigenvalue weighted by atomic mass is 16.4. The third-order valence-corrected chi connectivity index (χ3v) is 4.32. The molecule has 0 amide bonds. The minimum Gasteiger partial charge on any atom is -0.423 e. The molecule has 0 aliphatic heterocycles. The van der Waals surface area contributed by atoms with Gasteiger partial charge in [0.15, 0.2) is 0 Å². The molecule has 20 heavy (non-hydrogen) atoms. The Labute approximate surface area is 119 Å². The maximum Gasteiger partial charge on any atom is 0.247 e. The Balaban J connectivity index is 1.72. The molecule has 1 fully saturated rings. The van der Waals surface area contributed by atoms with Crippen LogP contribution in [-0.4, -0.2) is 16.2 Å². The van der Waals surface area contributed by atoms with Crippen molar-refractivity contribution in [1.29, 1.82) is 0 Å². The van der Waals surface area contributed by atoms with Crippen molar-refractivity contribution in [2.24, 2.45) is 11.8 Å². The summed E-state index contributed by atoms with van der Waals surface area (Å²) in [7, 11) is 0. The van der Waals surface area contributed by atoms with Gasteiger partial charge in [-0.3, -0.25) is 0 Å². The third-order valence-electron chi connectivity index (χ3n) is 4.32. The zero-order chi connectivity index (χ0) is 14.1. The molecule has 3 rings (SSSR count). The molecule has 0 saturated heterocycles. The monoisotopic (exact) mass is 271 g/mol. The minimum atomic E-state index is 0.571. The lowest BCUT2D eigenvalue weighted by molar-refractivity contribution is 0.212. The molecule has 1 aromatic heterocycles. The molecule has 4 heteroatoms. The number of aromatic nitrogens is 2. The zero-order valence-corrected chi connectivity index (χ0v) is 12.3. The second kappa shape index (κ2) is 5.27. The molecule has 1 aliphatic rings. The van der Waals surface area contributed by atoms with E-state index in [0.29, 0.717) is 11.9 Å². The molecule has 0 radical (unpaired) electrons. The first-order valence-corrected chi connectivity index (χ1v) is 7.27. The highest BCUT2D eigenvalue weighted by molar-refractivity contribution is 5.64. The Morgan fingerprint density at radius 1 is 1.30 bits per heavy atom. The summed E-state index contributed by atoms with van der Waals surface area (Å²) in [5, 5.41) is 11.3. The quantitative estimate of drug-likeness (QED) is 0.916. The summed E-state index contributed by atoms with van der Waals surface area (Å²) >= 11 is 0. The van der Waals surface area contributed by atoms with E-state index in [1.807, 2.05) is 6.07 Å². The Bertz CT molecular complexity index is 571. The topological polar surface area (TPSA) is 51.0 Å². The van der Waals surface area contributed by atoms with Gasteiger partial charge in [0.2, 0.25) is 12.3 Å². The van der Waals surface area contributed by atoms with E-state index in [-0.39, 0.29) is 0 Å². The van der Waals surface area contributed by atoms with Crippen LogP contribution in [0.3, 0.4) is 0 Å². The van der Waals surface area contributed by atoms with E-state index in [0.717, 1.165) is 17.4 Å². The normalized spacial score (nSPS) is 21.8. The van der Waals surface area contributed by atoms with Gasteiger partial charge in [-0.25, -0.2) is 0 Å². The maximum absolute atomic E-state index is 5.26. The first-order valence-electron chi connectivity index (χ1n) is 7.27. The van der Waals surface area contributed by atoms with E-state index in [9.17, 15) is 0 Å². The zero-order valence-electron chi connectivity index (χ0n) is 12.3. The van der Waals surface area contributed by atoms with Crippen LogP contribution in [0.1, 0.15) is 32.3 Å². The summed E-state index contributed by atoms with van der Waals surface area (Å²) in [4.78, 5) is 0. The van der Waals surface area contributed by atoms with Gasteiger partial charge >= 0.3 is 0 Å². The smallest absolute Gasteiger partial charge is 0.247 e. The number of nitrogens with zero attached hydrogens (tertiary/aromatic N) is 2. The van der Waals surface area contributed by atoms with E-state index < -0.39 is 0 Å². The van der Waals surface area contributed by atoms with Gasteiger partial charge in [0.25, 0.3) is 0 Å². The molecule has 0 bridgehead atoms. The van der Waals surface area contributed by atoms with Crippen LogP contribution in [-0.2, 0) is 0 Å². The number of anilines is 1. The average Bonchev–Trinajstić information content (AvgIpc) is 2.88. The molecule has 1 aromatic carbocycles. The van der Waals surface area contributed by atoms with Gasteiger partial charge in [-0.2, -0.15) is 0 Å². The van der Waals surface area contributed by atoms with Crippen molar-refractivity contribution in [3.63, 3.8) is 0 Å². The Hall–Kier alpha value is -1.84. The molecule has 0 spiro atoms. The number of nitrogens with one attached hydrogen (secondary N) is 1. The van der Waals surface area contributed by atoms with E-state index in [1.165, 1.54) is 30.5 Å². The predicted octanol–water partition coefficient (Wildman–Crippen LogP) is 3.89. The van der Waals surface area contributed by atoms with Gasteiger partial charge < -0.3 is 9.73 Å². The Kier molecular flexibility index (Phi) is 3.47. The van der Waals surface area contributed by atoms with Crippen molar-refractivity contribution in [2.75, 3.05) is 5.32 Å².